The highest BCUT2D eigenvalue weighted by Gasteiger charge is 2.70. The van der Waals surface area contributed by atoms with E-state index < -0.39 is 58.4 Å². The van der Waals surface area contributed by atoms with Crippen LogP contribution in [0.25, 0.3) is 6.08 Å². The van der Waals surface area contributed by atoms with Crippen molar-refractivity contribution in [2.24, 2.45) is 23.7 Å². The first kappa shape index (κ1) is 31.4. The van der Waals surface area contributed by atoms with Crippen molar-refractivity contribution in [1.82, 2.24) is 5.01 Å². The molecule has 8 nitrogen and oxygen atoms in total. The third-order valence-electron chi connectivity index (χ3n) is 11.1. The molecule has 2 saturated heterocycles. The summed E-state index contributed by atoms with van der Waals surface area (Å²) in [4.78, 5) is 59.4. The molecule has 2 aliphatic heterocycles. The number of phenolic OH excluding ortho intramolecular Hbond substituents is 1. The van der Waals surface area contributed by atoms with Crippen molar-refractivity contribution in [1.29, 1.82) is 0 Å². The molecular formula is C41H34FN3O5. The Morgan fingerprint density at radius 3 is 2.28 bits per heavy atom. The molecule has 6 atom stereocenters. The summed E-state index contributed by atoms with van der Waals surface area (Å²) in [5, 5.41) is 12.4. The minimum Gasteiger partial charge on any atom is -0.505 e. The highest BCUT2D eigenvalue weighted by Crippen LogP contribution is 2.65. The number of carbonyl (C=O) groups excluding carboxylic acids is 4. The van der Waals surface area contributed by atoms with Gasteiger partial charge in [0.15, 0.2) is 11.6 Å². The van der Waals surface area contributed by atoms with Crippen LogP contribution in [0.15, 0.2) is 115 Å². The predicted octanol–water partition coefficient (Wildman–Crippen LogP) is 6.67. The summed E-state index contributed by atoms with van der Waals surface area (Å²) in [6.45, 7) is 5.71. The van der Waals surface area contributed by atoms with Crippen LogP contribution in [0.1, 0.15) is 41.0 Å². The molecule has 3 fully saturated rings. The predicted molar refractivity (Wildman–Crippen MR) is 186 cm³/mol. The number of aromatic hydroxyl groups is 1. The number of carbonyl (C=O) groups is 4. The van der Waals surface area contributed by atoms with Crippen molar-refractivity contribution in [3.8, 4) is 5.75 Å². The second-order valence-corrected chi connectivity index (χ2v) is 13.6. The molecule has 4 aromatic rings. The first-order chi connectivity index (χ1) is 24.2. The highest BCUT2D eigenvalue weighted by atomic mass is 19.1. The lowest BCUT2D eigenvalue weighted by Gasteiger charge is -2.50. The Bertz CT molecular complexity index is 2110. The quantitative estimate of drug-likeness (QED) is 0.176. The molecule has 9 heteroatoms. The van der Waals surface area contributed by atoms with Crippen LogP contribution in [0.2, 0.25) is 0 Å². The van der Waals surface area contributed by atoms with Gasteiger partial charge in [0.1, 0.15) is 0 Å². The van der Waals surface area contributed by atoms with Crippen LogP contribution < -0.4 is 10.3 Å². The van der Waals surface area contributed by atoms with Crippen LogP contribution in [0.5, 0.6) is 5.75 Å². The maximum Gasteiger partial charge on any atom is 0.260 e. The maximum atomic E-state index is 15.3. The van der Waals surface area contributed by atoms with E-state index >= 15 is 9.18 Å². The number of para-hydroxylation sites is 1. The fraction of sp³-hybridized carbons (Fsp3) is 0.220. The molecule has 0 unspecified atom stereocenters. The second kappa shape index (κ2) is 11.7. The van der Waals surface area contributed by atoms with E-state index in [0.29, 0.717) is 22.5 Å². The number of nitrogens with one attached hydrogen (secondary N) is 1. The van der Waals surface area contributed by atoms with Crippen molar-refractivity contribution >= 4 is 41.1 Å². The maximum absolute atomic E-state index is 15.3. The molecule has 4 amide bonds. The fourth-order valence-electron chi connectivity index (χ4n) is 8.87. The topological polar surface area (TPSA) is 107 Å². The molecule has 1 saturated carbocycles. The molecule has 250 valence electrons. The number of halogens is 1. The van der Waals surface area contributed by atoms with Gasteiger partial charge in [0.2, 0.25) is 11.8 Å². The van der Waals surface area contributed by atoms with Crippen molar-refractivity contribution in [3.63, 3.8) is 0 Å². The van der Waals surface area contributed by atoms with Crippen molar-refractivity contribution in [3.05, 3.63) is 143 Å². The average Bonchev–Trinajstić information content (AvgIpc) is 3.51. The van der Waals surface area contributed by atoms with Crippen molar-refractivity contribution in [2.45, 2.75) is 31.1 Å². The number of benzene rings is 4. The first-order valence-corrected chi connectivity index (χ1v) is 16.7. The van der Waals surface area contributed by atoms with E-state index in [4.69, 9.17) is 0 Å². The number of amides is 4. The van der Waals surface area contributed by atoms with E-state index in [9.17, 15) is 19.5 Å². The summed E-state index contributed by atoms with van der Waals surface area (Å²) in [6.07, 6.45) is 3.85. The standard InChI is InChI=1S/C41H34FN3O5/c1-3-24-14-18-27(19-15-24)44-37(47)29-21-20-28-31(34(29)39(44)49)22-32-38(48)45(43-26-16-12-23(2)13-17-26)40(50)41(32,25-8-5-4-6-9-25)35(28)30-10-7-11-33(42)36(30)46/h3-20,29,31-32,34-35,43,46H,1,21-22H2,2H3/t29-,31+,32-,34-,35+,41+/m0/s1. The van der Waals surface area contributed by atoms with E-state index in [1.165, 1.54) is 11.0 Å². The molecule has 0 radical (unpaired) electrons. The molecule has 4 aromatic carbocycles. The molecule has 0 spiro atoms. The van der Waals surface area contributed by atoms with Gasteiger partial charge < -0.3 is 5.11 Å². The van der Waals surface area contributed by atoms with E-state index in [0.717, 1.165) is 22.2 Å². The SMILES string of the molecule is C=Cc1ccc(N2C(=O)[C@H]3[C@H](CC=C4[C@H]3C[C@H]3C(=O)N(Nc5ccc(C)cc5)C(=O)[C@@]3(c3ccccc3)[C@H]4c3cccc(F)c3O)C2=O)cc1. The van der Waals surface area contributed by atoms with Gasteiger partial charge in [-0.3, -0.25) is 29.5 Å². The van der Waals surface area contributed by atoms with Crippen LogP contribution in [-0.4, -0.2) is 33.7 Å². The van der Waals surface area contributed by atoms with Crippen LogP contribution in [-0.2, 0) is 24.6 Å². The lowest BCUT2D eigenvalue weighted by molar-refractivity contribution is -0.138. The van der Waals surface area contributed by atoms with Gasteiger partial charge in [-0.2, -0.15) is 5.01 Å². The Kier molecular flexibility index (Phi) is 7.33. The summed E-state index contributed by atoms with van der Waals surface area (Å²) in [7, 11) is 0. The zero-order valence-corrected chi connectivity index (χ0v) is 27.3. The Labute approximate surface area is 288 Å². The molecule has 2 aliphatic carbocycles. The summed E-state index contributed by atoms with van der Waals surface area (Å²) < 4.78 is 15.3. The van der Waals surface area contributed by atoms with Crippen LogP contribution in [0, 0.1) is 36.4 Å². The number of imide groups is 2. The van der Waals surface area contributed by atoms with Gasteiger partial charge in [0.05, 0.1) is 34.5 Å². The zero-order chi connectivity index (χ0) is 34.9. The fourth-order valence-corrected chi connectivity index (χ4v) is 8.87. The number of allylic oxidation sites excluding steroid dienone is 2. The minimum absolute atomic E-state index is 0.0907. The van der Waals surface area contributed by atoms with E-state index in [2.05, 4.69) is 12.0 Å². The number of rotatable bonds is 6. The van der Waals surface area contributed by atoms with Crippen molar-refractivity contribution in [2.75, 3.05) is 10.3 Å². The largest absolute Gasteiger partial charge is 0.505 e. The number of fused-ring (bicyclic) bond motifs is 4. The average molecular weight is 668 g/mol. The van der Waals surface area contributed by atoms with Gasteiger partial charge in [-0.1, -0.05) is 96.6 Å². The first-order valence-electron chi connectivity index (χ1n) is 16.7. The number of hydrazine groups is 1. The second-order valence-electron chi connectivity index (χ2n) is 13.6. The Hall–Kier alpha value is -5.83. The number of nitrogens with zero attached hydrogens (tertiary/aromatic N) is 2. The van der Waals surface area contributed by atoms with E-state index in [1.54, 1.807) is 72.8 Å². The lowest BCUT2D eigenvalue weighted by atomic mass is 9.49. The van der Waals surface area contributed by atoms with Gasteiger partial charge in [-0.15, -0.1) is 0 Å². The van der Waals surface area contributed by atoms with E-state index in [-0.39, 0.29) is 30.2 Å². The minimum atomic E-state index is -1.61. The van der Waals surface area contributed by atoms with Gasteiger partial charge in [-0.05, 0) is 67.1 Å². The Morgan fingerprint density at radius 1 is 0.860 bits per heavy atom. The zero-order valence-electron chi connectivity index (χ0n) is 27.3. The van der Waals surface area contributed by atoms with Crippen molar-refractivity contribution < 1.29 is 28.7 Å². The van der Waals surface area contributed by atoms with E-state index in [1.807, 2.05) is 31.2 Å². The molecule has 4 aliphatic rings. The Morgan fingerprint density at radius 2 is 1.58 bits per heavy atom. The summed E-state index contributed by atoms with van der Waals surface area (Å²) in [5.41, 5.74) is 5.54. The molecule has 50 heavy (non-hydrogen) atoms. The highest BCUT2D eigenvalue weighted by molar-refractivity contribution is 6.22. The molecule has 0 bridgehead atoms. The third kappa shape index (κ3) is 4.42. The summed E-state index contributed by atoms with van der Waals surface area (Å²) >= 11 is 0. The molecule has 2 heterocycles. The van der Waals surface area contributed by atoms with Gasteiger partial charge in [0.25, 0.3) is 11.8 Å². The monoisotopic (exact) mass is 667 g/mol. The van der Waals surface area contributed by atoms with Gasteiger partial charge in [0, 0.05) is 11.5 Å². The summed E-state index contributed by atoms with van der Waals surface area (Å²) in [6, 6.07) is 27.4. The lowest BCUT2D eigenvalue weighted by Crippen LogP contribution is -2.53. The molecule has 0 aromatic heterocycles. The third-order valence-corrected chi connectivity index (χ3v) is 11.1. The number of hydrogen-bond acceptors (Lipinski definition) is 6. The van der Waals surface area contributed by atoms with Crippen LogP contribution in [0.3, 0.4) is 0 Å². The number of aryl methyl sites for hydroxylation is 1. The van der Waals surface area contributed by atoms with Gasteiger partial charge >= 0.3 is 0 Å². The molecular weight excluding hydrogens is 633 g/mol. The molecule has 8 rings (SSSR count). The van der Waals surface area contributed by atoms with Gasteiger partial charge in [-0.25, -0.2) is 4.39 Å². The Balaban J connectivity index is 1.31. The number of phenols is 1. The number of anilines is 2. The summed E-state index contributed by atoms with van der Waals surface area (Å²) in [5.74, 6) is -7.47. The number of hydrogen-bond donors (Lipinski definition) is 2. The van der Waals surface area contributed by atoms with Crippen LogP contribution in [0.4, 0.5) is 15.8 Å². The smallest absolute Gasteiger partial charge is 0.260 e. The van der Waals surface area contributed by atoms with Crippen LogP contribution >= 0.6 is 0 Å². The molecule has 2 N–H and O–H groups in total. The normalized spacial score (nSPS) is 27.1.